The van der Waals surface area contributed by atoms with Crippen LogP contribution in [-0.2, 0) is 24.2 Å². The summed E-state index contributed by atoms with van der Waals surface area (Å²) >= 11 is 0. The average Bonchev–Trinajstić information content (AvgIpc) is 3.21. The lowest BCUT2D eigenvalue weighted by molar-refractivity contribution is -0.0422. The largest absolute Gasteiger partial charge is 0.372 e. The van der Waals surface area contributed by atoms with Gasteiger partial charge in [-0.15, -0.1) is 0 Å². The summed E-state index contributed by atoms with van der Waals surface area (Å²) in [7, 11) is 0. The lowest BCUT2D eigenvalue weighted by atomic mass is 10.1. The molecule has 2 aliphatic heterocycles. The smallest absolute Gasteiger partial charge is 0.277 e. The van der Waals surface area contributed by atoms with Crippen LogP contribution in [0.25, 0.3) is 4.85 Å². The van der Waals surface area contributed by atoms with Crippen LogP contribution in [0.3, 0.4) is 0 Å². The minimum absolute atomic E-state index is 0.0582. The molecule has 0 saturated carbocycles. The van der Waals surface area contributed by atoms with Crippen LogP contribution in [0, 0.1) is 12.4 Å². The molecule has 5 heterocycles. The summed E-state index contributed by atoms with van der Waals surface area (Å²) in [6, 6.07) is 1.47. The first-order valence-corrected chi connectivity index (χ1v) is 10.6. The van der Waals surface area contributed by atoms with Crippen molar-refractivity contribution >= 4 is 11.4 Å². The molecule has 10 heteroatoms. The Balaban J connectivity index is 1.39. The Morgan fingerprint density at radius 3 is 2.97 bits per heavy atom. The Hall–Kier alpha value is -3.58. The maximum Gasteiger partial charge on any atom is 0.277 e. The van der Waals surface area contributed by atoms with E-state index in [4.69, 9.17) is 11.3 Å². The fourth-order valence-electron chi connectivity index (χ4n) is 4.36. The third-order valence-corrected chi connectivity index (χ3v) is 5.94. The van der Waals surface area contributed by atoms with Gasteiger partial charge >= 0.3 is 0 Å². The molecular formula is C22H22FN7O2. The van der Waals surface area contributed by atoms with Crippen LogP contribution >= 0.6 is 0 Å². The third-order valence-electron chi connectivity index (χ3n) is 5.94. The number of nitrogens with zero attached hydrogens (tertiary/aromatic N) is 7. The van der Waals surface area contributed by atoms with Gasteiger partial charge in [0.1, 0.15) is 5.82 Å². The zero-order valence-corrected chi connectivity index (χ0v) is 17.4. The number of imidazole rings is 1. The second-order valence-electron chi connectivity index (χ2n) is 8.01. The fraction of sp³-hybridized carbons (Fsp3) is 0.409. The molecular weight excluding hydrogens is 413 g/mol. The Bertz CT molecular complexity index is 1240. The van der Waals surface area contributed by atoms with Crippen LogP contribution < -0.4 is 10.5 Å². The molecule has 5 rings (SSSR count). The standard InChI is InChI=1S/C22H22FN7O2/c1-24-21-19(11-27-30(22(21)31)20-4-2-3-7-32-20)28-6-5-18-17(13-28)26-14-29(18)12-15-8-16(23)10-25-9-15/h8-11,14,20H,2-7,12-13H2. The van der Waals surface area contributed by atoms with Crippen molar-refractivity contribution in [2.75, 3.05) is 18.1 Å². The predicted octanol–water partition coefficient (Wildman–Crippen LogP) is 2.83. The van der Waals surface area contributed by atoms with E-state index in [1.165, 1.54) is 16.9 Å². The molecule has 3 aromatic heterocycles. The van der Waals surface area contributed by atoms with E-state index < -0.39 is 11.8 Å². The van der Waals surface area contributed by atoms with Gasteiger partial charge in [0.2, 0.25) is 0 Å². The van der Waals surface area contributed by atoms with Gasteiger partial charge in [-0.25, -0.2) is 18.9 Å². The van der Waals surface area contributed by atoms with Gasteiger partial charge in [-0.05, 0) is 30.9 Å². The number of hydrogen-bond acceptors (Lipinski definition) is 6. The van der Waals surface area contributed by atoms with E-state index in [9.17, 15) is 9.18 Å². The summed E-state index contributed by atoms with van der Waals surface area (Å²) in [6.07, 6.45) is 9.09. The van der Waals surface area contributed by atoms with Crippen molar-refractivity contribution in [2.45, 2.75) is 45.0 Å². The van der Waals surface area contributed by atoms with E-state index in [-0.39, 0.29) is 11.5 Å². The van der Waals surface area contributed by atoms with E-state index in [1.54, 1.807) is 18.7 Å². The Labute approximate surface area is 183 Å². The Morgan fingerprint density at radius 1 is 1.28 bits per heavy atom. The average molecular weight is 435 g/mol. The maximum atomic E-state index is 13.5. The number of halogens is 1. The lowest BCUT2D eigenvalue weighted by Crippen LogP contribution is -2.35. The number of hydrogen-bond donors (Lipinski definition) is 0. The van der Waals surface area contributed by atoms with Gasteiger partial charge < -0.3 is 14.2 Å². The molecule has 0 aliphatic carbocycles. The van der Waals surface area contributed by atoms with Crippen molar-refractivity contribution < 1.29 is 9.13 Å². The van der Waals surface area contributed by atoms with E-state index >= 15 is 0 Å². The molecule has 0 radical (unpaired) electrons. The number of rotatable bonds is 4. The minimum Gasteiger partial charge on any atom is -0.372 e. The molecule has 3 aromatic rings. The highest BCUT2D eigenvalue weighted by Gasteiger charge is 2.27. The summed E-state index contributed by atoms with van der Waals surface area (Å²) in [5.41, 5.74) is 2.86. The molecule has 9 nitrogen and oxygen atoms in total. The van der Waals surface area contributed by atoms with Crippen molar-refractivity contribution in [2.24, 2.45) is 0 Å². The molecule has 164 valence electrons. The van der Waals surface area contributed by atoms with Gasteiger partial charge in [-0.1, -0.05) is 0 Å². The van der Waals surface area contributed by atoms with Crippen molar-refractivity contribution in [3.63, 3.8) is 0 Å². The van der Waals surface area contributed by atoms with Gasteiger partial charge in [0.25, 0.3) is 11.2 Å². The first-order chi connectivity index (χ1) is 15.6. The summed E-state index contributed by atoms with van der Waals surface area (Å²) in [5.74, 6) is -0.366. The molecule has 1 saturated heterocycles. The van der Waals surface area contributed by atoms with Gasteiger partial charge in [0.15, 0.2) is 6.23 Å². The number of fused-ring (bicyclic) bond motifs is 1. The molecule has 1 fully saturated rings. The van der Waals surface area contributed by atoms with E-state index in [1.807, 2.05) is 9.47 Å². The SMILES string of the molecule is [C-]#[N+]c1c(N2CCc3c(ncn3Cc3cncc(F)c3)C2)cnn(C2CCCCO2)c1=O. The predicted molar refractivity (Wildman–Crippen MR) is 114 cm³/mol. The van der Waals surface area contributed by atoms with Crippen LogP contribution in [0.1, 0.15) is 42.4 Å². The van der Waals surface area contributed by atoms with Crippen LogP contribution in [0.4, 0.5) is 15.8 Å². The van der Waals surface area contributed by atoms with Crippen molar-refractivity contribution in [1.82, 2.24) is 24.3 Å². The summed E-state index contributed by atoms with van der Waals surface area (Å²) in [5, 5.41) is 4.34. The maximum absolute atomic E-state index is 13.5. The van der Waals surface area contributed by atoms with Gasteiger partial charge in [0.05, 0.1) is 49.8 Å². The van der Waals surface area contributed by atoms with E-state index in [0.717, 1.165) is 36.2 Å². The summed E-state index contributed by atoms with van der Waals surface area (Å²) in [6.45, 7) is 9.77. The van der Waals surface area contributed by atoms with Crippen molar-refractivity contribution in [3.05, 3.63) is 75.5 Å². The number of pyridine rings is 1. The molecule has 32 heavy (non-hydrogen) atoms. The van der Waals surface area contributed by atoms with Gasteiger partial charge in [0, 0.05) is 31.5 Å². The Morgan fingerprint density at radius 2 is 2.19 bits per heavy atom. The highest BCUT2D eigenvalue weighted by Crippen LogP contribution is 2.30. The number of aromatic nitrogens is 5. The van der Waals surface area contributed by atoms with Crippen LogP contribution in [0.15, 0.2) is 35.8 Å². The third kappa shape index (κ3) is 3.76. The quantitative estimate of drug-likeness (QED) is 0.586. The van der Waals surface area contributed by atoms with Gasteiger partial charge in [-0.3, -0.25) is 9.78 Å². The zero-order chi connectivity index (χ0) is 22.1. The lowest BCUT2D eigenvalue weighted by Gasteiger charge is -2.30. The monoisotopic (exact) mass is 435 g/mol. The van der Waals surface area contributed by atoms with Gasteiger partial charge in [-0.2, -0.15) is 5.10 Å². The molecule has 1 unspecified atom stereocenters. The molecule has 0 N–H and O–H groups in total. The van der Waals surface area contributed by atoms with Crippen molar-refractivity contribution in [3.8, 4) is 0 Å². The first-order valence-electron chi connectivity index (χ1n) is 10.6. The molecule has 1 atom stereocenters. The highest BCUT2D eigenvalue weighted by atomic mass is 19.1. The van der Waals surface area contributed by atoms with Crippen LogP contribution in [0.5, 0.6) is 0 Å². The Kier molecular flexibility index (Phi) is 5.41. The second-order valence-corrected chi connectivity index (χ2v) is 8.01. The molecule has 0 amide bonds. The summed E-state index contributed by atoms with van der Waals surface area (Å²) in [4.78, 5) is 26.9. The van der Waals surface area contributed by atoms with E-state index in [0.29, 0.717) is 38.3 Å². The number of ether oxygens (including phenoxy) is 1. The molecule has 0 aromatic carbocycles. The fourth-order valence-corrected chi connectivity index (χ4v) is 4.36. The molecule has 2 aliphatic rings. The minimum atomic E-state index is -0.417. The molecule has 0 bridgehead atoms. The van der Waals surface area contributed by atoms with Crippen molar-refractivity contribution in [1.29, 1.82) is 0 Å². The highest BCUT2D eigenvalue weighted by molar-refractivity contribution is 5.69. The topological polar surface area (TPSA) is 82.4 Å². The second kappa shape index (κ2) is 8.51. The van der Waals surface area contributed by atoms with Crippen LogP contribution in [-0.4, -0.2) is 37.5 Å². The van der Waals surface area contributed by atoms with E-state index in [2.05, 4.69) is 19.9 Å². The van der Waals surface area contributed by atoms with Crippen LogP contribution in [0.2, 0.25) is 0 Å². The normalized spacial score (nSPS) is 18.2. The molecule has 0 spiro atoms. The number of anilines is 1. The first kappa shape index (κ1) is 20.3. The summed E-state index contributed by atoms with van der Waals surface area (Å²) < 4.78 is 22.4. The zero-order valence-electron chi connectivity index (χ0n) is 17.4.